The van der Waals surface area contributed by atoms with Crippen LogP contribution in [0.3, 0.4) is 0 Å². The van der Waals surface area contributed by atoms with Crippen molar-refractivity contribution in [2.24, 2.45) is 0 Å². The molecule has 0 fully saturated rings. The number of ether oxygens (including phenoxy) is 1. The van der Waals surface area contributed by atoms with E-state index in [0.717, 1.165) is 6.07 Å². The van der Waals surface area contributed by atoms with Gasteiger partial charge in [-0.05, 0) is 35.9 Å². The predicted molar refractivity (Wildman–Crippen MR) is 91.0 cm³/mol. The van der Waals surface area contributed by atoms with Crippen LogP contribution in [0, 0.1) is 0 Å². The Balaban J connectivity index is 2.16. The fourth-order valence-corrected chi connectivity index (χ4v) is 3.43. The van der Waals surface area contributed by atoms with Gasteiger partial charge in [0.25, 0.3) is 10.1 Å². The van der Waals surface area contributed by atoms with Gasteiger partial charge in [-0.15, -0.1) is 0 Å². The quantitative estimate of drug-likeness (QED) is 0.361. The molecule has 0 heterocycles. The topological polar surface area (TPSA) is 69.7 Å². The Bertz CT molecular complexity index is 913. The number of carbonyl (C=O) groups excluding carboxylic acids is 1. The van der Waals surface area contributed by atoms with Crippen molar-refractivity contribution in [3.8, 4) is 5.75 Å². The minimum Gasteiger partial charge on any atom is -0.493 e. The lowest BCUT2D eigenvalue weighted by Gasteiger charge is -2.12. The summed E-state index contributed by atoms with van der Waals surface area (Å²) in [4.78, 5) is 9.51. The summed E-state index contributed by atoms with van der Waals surface area (Å²) in [5.74, 6) is 0.396. The number of hydrogen-bond acceptors (Lipinski definition) is 5. The number of carbonyl (C=O) groups is 1. The lowest BCUT2D eigenvalue weighted by atomic mass is 10.2. The molecule has 146 valence electrons. The monoisotopic (exact) mass is 422 g/mol. The highest BCUT2D eigenvalue weighted by molar-refractivity contribution is 7.86. The fourth-order valence-electron chi connectivity index (χ4n) is 2.03. The van der Waals surface area contributed by atoms with Crippen LogP contribution in [0.5, 0.6) is 5.75 Å². The van der Waals surface area contributed by atoms with Gasteiger partial charge >= 0.3 is 6.18 Å². The van der Waals surface area contributed by atoms with E-state index in [9.17, 15) is 26.4 Å². The molecule has 0 spiro atoms. The average Bonchev–Trinajstić information content (AvgIpc) is 2.60. The summed E-state index contributed by atoms with van der Waals surface area (Å²) in [7, 11) is -4.52. The number of alkyl halides is 3. The van der Waals surface area contributed by atoms with Gasteiger partial charge in [0.05, 0.1) is 23.8 Å². The van der Waals surface area contributed by atoms with Crippen molar-refractivity contribution < 1.29 is 35.3 Å². The minimum atomic E-state index is -4.72. The van der Waals surface area contributed by atoms with E-state index < -0.39 is 33.4 Å². The van der Waals surface area contributed by atoms with E-state index in [4.69, 9.17) is 20.5 Å². The van der Waals surface area contributed by atoms with Gasteiger partial charge in [-0.3, -0.25) is 4.18 Å². The summed E-state index contributed by atoms with van der Waals surface area (Å²) < 4.78 is 73.0. The molecule has 0 atom stereocenters. The molecule has 0 aliphatic heterocycles. The molecule has 27 heavy (non-hydrogen) atoms. The summed E-state index contributed by atoms with van der Waals surface area (Å²) >= 11 is 5.73. The minimum absolute atomic E-state index is 0.159. The van der Waals surface area contributed by atoms with Gasteiger partial charge in [-0.25, -0.2) is 0 Å². The van der Waals surface area contributed by atoms with Crippen LogP contribution in [0.2, 0.25) is 5.02 Å². The standard InChI is InChI=1S/C17H14ClF3O5S/c18-15-6-5-13(17(19,20)21)10-16(15)27(23,24)26-11-12-3-1-4-14(9-12)25-8-2-7-22/h1,3-7,9-10H,2,8,11H2. The van der Waals surface area contributed by atoms with E-state index in [2.05, 4.69) is 0 Å². The van der Waals surface area contributed by atoms with Crippen molar-refractivity contribution in [3.05, 3.63) is 58.6 Å². The molecule has 0 aromatic heterocycles. The zero-order valence-electron chi connectivity index (χ0n) is 13.7. The summed E-state index contributed by atoms with van der Waals surface area (Å²) in [5.41, 5.74) is -0.745. The van der Waals surface area contributed by atoms with Gasteiger partial charge in [0.2, 0.25) is 0 Å². The highest BCUT2D eigenvalue weighted by Crippen LogP contribution is 2.34. The van der Waals surface area contributed by atoms with Gasteiger partial charge in [-0.2, -0.15) is 21.6 Å². The summed E-state index contributed by atoms with van der Waals surface area (Å²) in [6.45, 7) is -0.272. The van der Waals surface area contributed by atoms with Crippen LogP contribution in [0.1, 0.15) is 17.5 Å². The fraction of sp³-hybridized carbons (Fsp3) is 0.235. The molecule has 0 unspecified atom stereocenters. The van der Waals surface area contributed by atoms with Gasteiger partial charge in [0, 0.05) is 6.42 Å². The Morgan fingerprint density at radius 3 is 2.52 bits per heavy atom. The molecule has 0 saturated carbocycles. The van der Waals surface area contributed by atoms with E-state index >= 15 is 0 Å². The van der Waals surface area contributed by atoms with Crippen molar-refractivity contribution in [2.45, 2.75) is 24.1 Å². The molecular formula is C17H14ClF3O5S. The first-order chi connectivity index (χ1) is 12.6. The molecule has 0 saturated heterocycles. The molecule has 0 aliphatic rings. The maximum Gasteiger partial charge on any atom is 0.416 e. The van der Waals surface area contributed by atoms with Gasteiger partial charge in [-0.1, -0.05) is 23.7 Å². The Morgan fingerprint density at radius 1 is 1.11 bits per heavy atom. The molecule has 0 radical (unpaired) electrons. The summed E-state index contributed by atoms with van der Waals surface area (Å²) in [6, 6.07) is 8.19. The van der Waals surface area contributed by atoms with Crippen LogP contribution in [0.4, 0.5) is 13.2 Å². The number of hydrogen-bond donors (Lipinski definition) is 0. The molecule has 0 amide bonds. The first-order valence-corrected chi connectivity index (χ1v) is 9.33. The third-order valence-corrected chi connectivity index (χ3v) is 5.06. The molecule has 0 aliphatic carbocycles. The molecule has 0 N–H and O–H groups in total. The van der Waals surface area contributed by atoms with Crippen LogP contribution < -0.4 is 4.74 Å². The zero-order chi connectivity index (χ0) is 20.1. The Morgan fingerprint density at radius 2 is 1.85 bits per heavy atom. The van der Waals surface area contributed by atoms with Gasteiger partial charge in [0.15, 0.2) is 0 Å². The van der Waals surface area contributed by atoms with Crippen LogP contribution in [0.15, 0.2) is 47.4 Å². The van der Waals surface area contributed by atoms with E-state index in [-0.39, 0.29) is 18.1 Å². The van der Waals surface area contributed by atoms with Crippen molar-refractivity contribution in [2.75, 3.05) is 6.61 Å². The number of rotatable bonds is 8. The van der Waals surface area contributed by atoms with Crippen LogP contribution in [-0.4, -0.2) is 21.3 Å². The Labute approximate surface area is 158 Å². The molecular weight excluding hydrogens is 409 g/mol. The second kappa shape index (κ2) is 8.73. The highest BCUT2D eigenvalue weighted by atomic mass is 35.5. The SMILES string of the molecule is O=CCCOc1cccc(COS(=O)(=O)c2cc(C(F)(F)F)ccc2Cl)c1. The average molecular weight is 423 g/mol. The van der Waals surface area contributed by atoms with E-state index in [1.807, 2.05) is 0 Å². The van der Waals surface area contributed by atoms with E-state index in [1.165, 1.54) is 6.07 Å². The normalized spacial score (nSPS) is 12.0. The van der Waals surface area contributed by atoms with Crippen molar-refractivity contribution in [1.29, 1.82) is 0 Å². The van der Waals surface area contributed by atoms with Crippen LogP contribution >= 0.6 is 11.6 Å². The lowest BCUT2D eigenvalue weighted by molar-refractivity contribution is -0.137. The van der Waals surface area contributed by atoms with Crippen molar-refractivity contribution in [3.63, 3.8) is 0 Å². The second-order valence-electron chi connectivity index (χ2n) is 5.31. The summed E-state index contributed by atoms with van der Waals surface area (Å²) in [5, 5.41) is -0.381. The second-order valence-corrected chi connectivity index (χ2v) is 7.30. The maximum absolute atomic E-state index is 12.8. The number of benzene rings is 2. The number of halogens is 4. The van der Waals surface area contributed by atoms with Crippen LogP contribution in [-0.2, 0) is 31.9 Å². The Hall–Kier alpha value is -2.10. The third-order valence-electron chi connectivity index (χ3n) is 3.31. The molecule has 2 aromatic carbocycles. The van der Waals surface area contributed by atoms with Crippen molar-refractivity contribution in [1.82, 2.24) is 0 Å². The van der Waals surface area contributed by atoms with Crippen LogP contribution in [0.25, 0.3) is 0 Å². The van der Waals surface area contributed by atoms with Gasteiger partial charge < -0.3 is 9.53 Å². The smallest absolute Gasteiger partial charge is 0.416 e. The Kier molecular flexibility index (Phi) is 6.85. The van der Waals surface area contributed by atoms with E-state index in [1.54, 1.807) is 18.2 Å². The molecule has 10 heteroatoms. The molecule has 2 aromatic rings. The third kappa shape index (κ3) is 5.95. The largest absolute Gasteiger partial charge is 0.493 e. The predicted octanol–water partition coefficient (Wildman–Crippen LogP) is 4.23. The van der Waals surface area contributed by atoms with E-state index in [0.29, 0.717) is 29.7 Å². The molecule has 2 rings (SSSR count). The summed E-state index contributed by atoms with van der Waals surface area (Å²) in [6.07, 6.45) is -3.83. The zero-order valence-corrected chi connectivity index (χ0v) is 15.3. The van der Waals surface area contributed by atoms with Gasteiger partial charge in [0.1, 0.15) is 16.9 Å². The van der Waals surface area contributed by atoms with Crippen molar-refractivity contribution >= 4 is 28.0 Å². The number of aldehydes is 1. The molecule has 0 bridgehead atoms. The lowest BCUT2D eigenvalue weighted by Crippen LogP contribution is -2.11. The first-order valence-electron chi connectivity index (χ1n) is 7.55. The molecule has 5 nitrogen and oxygen atoms in total. The first kappa shape index (κ1) is 21.2. The maximum atomic E-state index is 12.8. The highest BCUT2D eigenvalue weighted by Gasteiger charge is 2.33.